The van der Waals surface area contributed by atoms with Crippen LogP contribution in [0.2, 0.25) is 0 Å². The molecule has 2 N–H and O–H groups in total. The Balaban J connectivity index is 2.37. The van der Waals surface area contributed by atoms with E-state index in [4.69, 9.17) is 0 Å². The van der Waals surface area contributed by atoms with Gasteiger partial charge in [-0.2, -0.15) is 0 Å². The van der Waals surface area contributed by atoms with E-state index in [1.54, 1.807) is 5.51 Å². The van der Waals surface area contributed by atoms with E-state index in [0.29, 0.717) is 5.13 Å². The Labute approximate surface area is 74.2 Å². The van der Waals surface area contributed by atoms with Crippen LogP contribution in [0.5, 0.6) is 0 Å². The van der Waals surface area contributed by atoms with Crippen molar-refractivity contribution in [2.45, 2.75) is 19.9 Å². The molecule has 1 aromatic rings. The molecule has 1 aromatic heterocycles. The molecular weight excluding hydrogens is 176 g/mol. The monoisotopic (exact) mass is 186 g/mol. The van der Waals surface area contributed by atoms with Gasteiger partial charge in [0.05, 0.1) is 0 Å². The summed E-state index contributed by atoms with van der Waals surface area (Å²) >= 11 is 1.28. The van der Waals surface area contributed by atoms with Crippen LogP contribution < -0.4 is 10.6 Å². The highest BCUT2D eigenvalue weighted by molar-refractivity contribution is 7.13. The molecule has 0 spiro atoms. The molecule has 0 aliphatic rings. The molecule has 5 nitrogen and oxygen atoms in total. The van der Waals surface area contributed by atoms with Gasteiger partial charge in [0.2, 0.25) is 5.13 Å². The van der Waals surface area contributed by atoms with Crippen LogP contribution in [0.3, 0.4) is 0 Å². The second kappa shape index (κ2) is 4.01. The predicted octanol–water partition coefficient (Wildman–Crippen LogP) is 1.07. The van der Waals surface area contributed by atoms with Gasteiger partial charge in [-0.1, -0.05) is 11.3 Å². The van der Waals surface area contributed by atoms with Gasteiger partial charge in [0.1, 0.15) is 5.51 Å². The highest BCUT2D eigenvalue weighted by Crippen LogP contribution is 2.06. The molecule has 0 fully saturated rings. The number of anilines is 1. The summed E-state index contributed by atoms with van der Waals surface area (Å²) in [5.41, 5.74) is 1.56. The molecule has 0 radical (unpaired) electrons. The maximum atomic E-state index is 11.0. The van der Waals surface area contributed by atoms with Crippen LogP contribution in [0.4, 0.5) is 9.93 Å². The number of rotatable bonds is 2. The topological polar surface area (TPSA) is 66.9 Å². The summed E-state index contributed by atoms with van der Waals surface area (Å²) in [7, 11) is 0. The van der Waals surface area contributed by atoms with Crippen molar-refractivity contribution >= 4 is 22.5 Å². The zero-order chi connectivity index (χ0) is 8.97. The van der Waals surface area contributed by atoms with Crippen LogP contribution >= 0.6 is 11.3 Å². The summed E-state index contributed by atoms with van der Waals surface area (Å²) in [6.45, 7) is 3.78. The number of nitrogens with zero attached hydrogens (tertiary/aromatic N) is 2. The Bertz CT molecular complexity index is 246. The SMILES string of the molecule is CC(C)NC(=O)Nc1nncs1. The quantitative estimate of drug-likeness (QED) is 0.726. The molecular formula is C6H10N4OS. The van der Waals surface area contributed by atoms with Crippen molar-refractivity contribution in [3.05, 3.63) is 5.51 Å². The van der Waals surface area contributed by atoms with Gasteiger partial charge in [0.25, 0.3) is 0 Å². The molecule has 12 heavy (non-hydrogen) atoms. The average Bonchev–Trinajstić information content (AvgIpc) is 2.37. The number of amides is 2. The third-order valence-electron chi connectivity index (χ3n) is 1.00. The Morgan fingerprint density at radius 3 is 2.92 bits per heavy atom. The molecule has 1 heterocycles. The third-order valence-corrected chi connectivity index (χ3v) is 1.61. The van der Waals surface area contributed by atoms with Crippen LogP contribution in [-0.4, -0.2) is 22.3 Å². The highest BCUT2D eigenvalue weighted by atomic mass is 32.1. The number of aromatic nitrogens is 2. The predicted molar refractivity (Wildman–Crippen MR) is 47.2 cm³/mol. The lowest BCUT2D eigenvalue weighted by Crippen LogP contribution is -2.34. The normalized spacial score (nSPS) is 9.92. The lowest BCUT2D eigenvalue weighted by Gasteiger charge is -2.06. The summed E-state index contributed by atoms with van der Waals surface area (Å²) in [5.74, 6) is 0. The molecule has 66 valence electrons. The van der Waals surface area contributed by atoms with Crippen molar-refractivity contribution in [3.8, 4) is 0 Å². The van der Waals surface area contributed by atoms with E-state index in [9.17, 15) is 4.79 Å². The van der Waals surface area contributed by atoms with Crippen LogP contribution in [-0.2, 0) is 0 Å². The second-order valence-corrected chi connectivity index (χ2v) is 3.33. The minimum Gasteiger partial charge on any atom is -0.336 e. The van der Waals surface area contributed by atoms with Gasteiger partial charge in [0, 0.05) is 6.04 Å². The first kappa shape index (κ1) is 8.92. The molecule has 1 rings (SSSR count). The van der Waals surface area contributed by atoms with Crippen LogP contribution in [0, 0.1) is 0 Å². The maximum Gasteiger partial charge on any atom is 0.321 e. The molecule has 0 unspecified atom stereocenters. The molecule has 0 aliphatic heterocycles. The number of hydrogen-bond acceptors (Lipinski definition) is 4. The fourth-order valence-electron chi connectivity index (χ4n) is 0.623. The van der Waals surface area contributed by atoms with Crippen molar-refractivity contribution in [2.24, 2.45) is 0 Å². The van der Waals surface area contributed by atoms with E-state index in [1.165, 1.54) is 11.3 Å². The molecule has 0 saturated carbocycles. The van der Waals surface area contributed by atoms with Gasteiger partial charge in [-0.3, -0.25) is 5.32 Å². The van der Waals surface area contributed by atoms with E-state index in [-0.39, 0.29) is 12.1 Å². The molecule has 0 aromatic carbocycles. The Hall–Kier alpha value is -1.17. The fraction of sp³-hybridized carbons (Fsp3) is 0.500. The zero-order valence-electron chi connectivity index (χ0n) is 6.87. The van der Waals surface area contributed by atoms with Crippen molar-refractivity contribution in [3.63, 3.8) is 0 Å². The van der Waals surface area contributed by atoms with Crippen molar-refractivity contribution in [1.82, 2.24) is 15.5 Å². The number of carbonyl (C=O) groups excluding carboxylic acids is 1. The van der Waals surface area contributed by atoms with Gasteiger partial charge in [-0.05, 0) is 13.8 Å². The molecule has 0 bridgehead atoms. The lowest BCUT2D eigenvalue weighted by molar-refractivity contribution is 0.250. The van der Waals surface area contributed by atoms with Crippen LogP contribution in [0.15, 0.2) is 5.51 Å². The Morgan fingerprint density at radius 1 is 1.67 bits per heavy atom. The van der Waals surface area contributed by atoms with Crippen molar-refractivity contribution in [1.29, 1.82) is 0 Å². The minimum absolute atomic E-state index is 0.123. The molecule has 0 atom stereocenters. The number of urea groups is 1. The van der Waals surface area contributed by atoms with Crippen LogP contribution in [0.1, 0.15) is 13.8 Å². The van der Waals surface area contributed by atoms with Crippen molar-refractivity contribution in [2.75, 3.05) is 5.32 Å². The lowest BCUT2D eigenvalue weighted by atomic mass is 10.4. The van der Waals surface area contributed by atoms with E-state index in [2.05, 4.69) is 20.8 Å². The highest BCUT2D eigenvalue weighted by Gasteiger charge is 2.04. The van der Waals surface area contributed by atoms with E-state index in [1.807, 2.05) is 13.8 Å². The van der Waals surface area contributed by atoms with Gasteiger partial charge in [-0.25, -0.2) is 4.79 Å². The standard InChI is InChI=1S/C6H10N4OS/c1-4(2)8-5(11)9-6-10-7-3-12-6/h3-4H,1-2H3,(H2,8,9,10,11). The molecule has 0 aliphatic carbocycles. The number of carbonyl (C=O) groups is 1. The first-order chi connectivity index (χ1) is 5.68. The summed E-state index contributed by atoms with van der Waals surface area (Å²) in [5, 5.41) is 13.0. The first-order valence-electron chi connectivity index (χ1n) is 3.52. The summed E-state index contributed by atoms with van der Waals surface area (Å²) in [6, 6.07) is -0.125. The van der Waals surface area contributed by atoms with Gasteiger partial charge >= 0.3 is 6.03 Å². The number of nitrogens with one attached hydrogen (secondary N) is 2. The smallest absolute Gasteiger partial charge is 0.321 e. The average molecular weight is 186 g/mol. The fourth-order valence-corrected chi connectivity index (χ4v) is 1.06. The minimum atomic E-state index is -0.248. The molecule has 2 amide bonds. The van der Waals surface area contributed by atoms with Crippen molar-refractivity contribution < 1.29 is 4.79 Å². The summed E-state index contributed by atoms with van der Waals surface area (Å²) in [6.07, 6.45) is 0. The second-order valence-electron chi connectivity index (χ2n) is 2.50. The zero-order valence-corrected chi connectivity index (χ0v) is 7.68. The molecule has 6 heteroatoms. The summed E-state index contributed by atoms with van der Waals surface area (Å²) in [4.78, 5) is 11.0. The van der Waals surface area contributed by atoms with Gasteiger partial charge in [0.15, 0.2) is 0 Å². The Kier molecular flexibility index (Phi) is 2.98. The van der Waals surface area contributed by atoms with E-state index >= 15 is 0 Å². The summed E-state index contributed by atoms with van der Waals surface area (Å²) < 4.78 is 0. The van der Waals surface area contributed by atoms with E-state index in [0.717, 1.165) is 0 Å². The van der Waals surface area contributed by atoms with Gasteiger partial charge < -0.3 is 5.32 Å². The largest absolute Gasteiger partial charge is 0.336 e. The first-order valence-corrected chi connectivity index (χ1v) is 4.40. The molecule has 0 saturated heterocycles. The number of hydrogen-bond donors (Lipinski definition) is 2. The maximum absolute atomic E-state index is 11.0. The van der Waals surface area contributed by atoms with Crippen LogP contribution in [0.25, 0.3) is 0 Å². The van der Waals surface area contributed by atoms with Gasteiger partial charge in [-0.15, -0.1) is 10.2 Å². The third kappa shape index (κ3) is 2.83. The van der Waals surface area contributed by atoms with E-state index < -0.39 is 0 Å². The Morgan fingerprint density at radius 2 is 2.42 bits per heavy atom.